The predicted octanol–water partition coefficient (Wildman–Crippen LogP) is 3.55. The lowest BCUT2D eigenvalue weighted by atomic mass is 9.51. The number of ether oxygens (including phenoxy) is 1. The van der Waals surface area contributed by atoms with E-state index in [-0.39, 0.29) is 23.5 Å². The molecular formula is C18H30N4O2. The first-order valence-corrected chi connectivity index (χ1v) is 9.14. The third-order valence-corrected chi connectivity index (χ3v) is 5.80. The van der Waals surface area contributed by atoms with Crippen LogP contribution in [0.15, 0.2) is 0 Å². The summed E-state index contributed by atoms with van der Waals surface area (Å²) in [4.78, 5) is 12.5. The number of aromatic nitrogens is 2. The number of carbonyl (C=O) groups excluding carboxylic acids is 1. The first-order valence-electron chi connectivity index (χ1n) is 9.14. The van der Waals surface area contributed by atoms with Crippen LogP contribution in [0.5, 0.6) is 0 Å². The molecule has 2 aliphatic carbocycles. The van der Waals surface area contributed by atoms with Gasteiger partial charge in [-0.3, -0.25) is 4.68 Å². The van der Waals surface area contributed by atoms with E-state index in [1.54, 1.807) is 0 Å². The molecule has 2 N–H and O–H groups in total. The molecule has 1 aromatic rings. The number of nitrogens with zero attached hydrogens (tertiary/aromatic N) is 2. The summed E-state index contributed by atoms with van der Waals surface area (Å²) in [5.41, 5.74) is 2.86. The first-order chi connectivity index (χ1) is 11.4. The molecule has 0 aromatic carbocycles. The second-order valence-corrected chi connectivity index (χ2v) is 7.50. The SMILES string of the molecule is CCO[C@@H]1C[C@H](NC(=O)Nc2c(C)nn(C(C)C)c2C)C12CCC2. The number of anilines is 1. The number of rotatable bonds is 5. The van der Waals surface area contributed by atoms with Crippen LogP contribution >= 0.6 is 0 Å². The van der Waals surface area contributed by atoms with Crippen molar-refractivity contribution in [2.75, 3.05) is 11.9 Å². The van der Waals surface area contributed by atoms with Gasteiger partial charge in [0, 0.05) is 24.1 Å². The van der Waals surface area contributed by atoms with E-state index in [1.165, 1.54) is 6.42 Å². The Balaban J connectivity index is 1.63. The van der Waals surface area contributed by atoms with Crippen molar-refractivity contribution >= 4 is 11.7 Å². The number of aryl methyl sites for hydroxylation is 1. The number of amides is 2. The van der Waals surface area contributed by atoms with Gasteiger partial charge in [-0.05, 0) is 53.9 Å². The van der Waals surface area contributed by atoms with Gasteiger partial charge in [-0.25, -0.2) is 4.79 Å². The van der Waals surface area contributed by atoms with Crippen molar-refractivity contribution in [2.45, 2.75) is 78.5 Å². The summed E-state index contributed by atoms with van der Waals surface area (Å²) < 4.78 is 7.80. The van der Waals surface area contributed by atoms with E-state index in [2.05, 4.69) is 29.6 Å². The van der Waals surface area contributed by atoms with Crippen LogP contribution in [0.25, 0.3) is 0 Å². The molecule has 0 bridgehead atoms. The molecule has 6 nitrogen and oxygen atoms in total. The maximum atomic E-state index is 12.5. The zero-order valence-corrected chi connectivity index (χ0v) is 15.5. The largest absolute Gasteiger partial charge is 0.378 e. The van der Waals surface area contributed by atoms with E-state index in [1.807, 2.05) is 25.5 Å². The monoisotopic (exact) mass is 334 g/mol. The Morgan fingerprint density at radius 3 is 2.62 bits per heavy atom. The van der Waals surface area contributed by atoms with Gasteiger partial charge in [0.25, 0.3) is 0 Å². The van der Waals surface area contributed by atoms with Crippen LogP contribution in [0, 0.1) is 19.3 Å². The molecule has 0 saturated heterocycles. The zero-order valence-electron chi connectivity index (χ0n) is 15.5. The van der Waals surface area contributed by atoms with Crippen molar-refractivity contribution in [3.05, 3.63) is 11.4 Å². The fraction of sp³-hybridized carbons (Fsp3) is 0.778. The first kappa shape index (κ1) is 17.3. The van der Waals surface area contributed by atoms with Crippen LogP contribution < -0.4 is 10.6 Å². The highest BCUT2D eigenvalue weighted by atomic mass is 16.5. The maximum Gasteiger partial charge on any atom is 0.319 e. The van der Waals surface area contributed by atoms with Crippen LogP contribution in [0.2, 0.25) is 0 Å². The fourth-order valence-electron chi connectivity index (χ4n) is 4.30. The van der Waals surface area contributed by atoms with E-state index < -0.39 is 0 Å². The molecule has 1 heterocycles. The topological polar surface area (TPSA) is 68.2 Å². The standard InChI is InChI=1S/C18H30N4O2/c1-6-24-15-10-14(18(15)8-7-9-18)19-17(23)20-16-12(4)21-22(11(2)3)13(16)5/h11,14-15H,6-10H2,1-5H3,(H2,19,20,23)/t14-,15+/m0/s1. The summed E-state index contributed by atoms with van der Waals surface area (Å²) in [5.74, 6) is 0. The van der Waals surface area contributed by atoms with Crippen LogP contribution in [-0.2, 0) is 4.74 Å². The Hall–Kier alpha value is -1.56. The van der Waals surface area contributed by atoms with Gasteiger partial charge in [0.15, 0.2) is 0 Å². The molecule has 24 heavy (non-hydrogen) atoms. The highest BCUT2D eigenvalue weighted by Crippen LogP contribution is 2.57. The molecule has 1 aromatic heterocycles. The quantitative estimate of drug-likeness (QED) is 0.865. The van der Waals surface area contributed by atoms with E-state index in [4.69, 9.17) is 4.74 Å². The fourth-order valence-corrected chi connectivity index (χ4v) is 4.30. The number of urea groups is 1. The van der Waals surface area contributed by atoms with Gasteiger partial charge in [0.05, 0.1) is 23.2 Å². The zero-order chi connectivity index (χ0) is 17.5. The lowest BCUT2D eigenvalue weighted by Gasteiger charge is -2.60. The van der Waals surface area contributed by atoms with Crippen LogP contribution in [0.4, 0.5) is 10.5 Å². The molecule has 2 atom stereocenters. The van der Waals surface area contributed by atoms with Gasteiger partial charge in [0.2, 0.25) is 0 Å². The van der Waals surface area contributed by atoms with Gasteiger partial charge < -0.3 is 15.4 Å². The smallest absolute Gasteiger partial charge is 0.319 e. The molecule has 0 aliphatic heterocycles. The van der Waals surface area contributed by atoms with Crippen molar-refractivity contribution in [2.24, 2.45) is 5.41 Å². The summed E-state index contributed by atoms with van der Waals surface area (Å²) in [5, 5.41) is 10.7. The van der Waals surface area contributed by atoms with Crippen molar-refractivity contribution in [1.29, 1.82) is 0 Å². The Labute approximate surface area is 144 Å². The highest BCUT2D eigenvalue weighted by Gasteiger charge is 2.59. The summed E-state index contributed by atoms with van der Waals surface area (Å²) in [7, 11) is 0. The molecule has 2 saturated carbocycles. The van der Waals surface area contributed by atoms with Crippen molar-refractivity contribution in [3.63, 3.8) is 0 Å². The Morgan fingerprint density at radius 1 is 1.42 bits per heavy atom. The van der Waals surface area contributed by atoms with E-state index in [0.29, 0.717) is 6.10 Å². The van der Waals surface area contributed by atoms with E-state index in [0.717, 1.165) is 42.9 Å². The second kappa shape index (κ2) is 6.39. The minimum atomic E-state index is -0.129. The average Bonchev–Trinajstić information content (AvgIpc) is 2.72. The van der Waals surface area contributed by atoms with Gasteiger partial charge in [-0.2, -0.15) is 5.10 Å². The number of nitrogens with one attached hydrogen (secondary N) is 2. The summed E-state index contributed by atoms with van der Waals surface area (Å²) in [6.45, 7) is 10.9. The molecule has 3 rings (SSSR count). The summed E-state index contributed by atoms with van der Waals surface area (Å²) in [6, 6.07) is 0.374. The van der Waals surface area contributed by atoms with Crippen LogP contribution in [0.3, 0.4) is 0 Å². The molecule has 0 unspecified atom stereocenters. The predicted molar refractivity (Wildman–Crippen MR) is 94.3 cm³/mol. The van der Waals surface area contributed by atoms with Crippen LogP contribution in [0.1, 0.15) is 63.9 Å². The van der Waals surface area contributed by atoms with Gasteiger partial charge >= 0.3 is 6.03 Å². The third kappa shape index (κ3) is 2.70. The number of hydrogen-bond acceptors (Lipinski definition) is 3. The maximum absolute atomic E-state index is 12.5. The summed E-state index contributed by atoms with van der Waals surface area (Å²) >= 11 is 0. The lowest BCUT2D eigenvalue weighted by Crippen LogP contribution is -2.68. The molecule has 2 aliphatic rings. The van der Waals surface area contributed by atoms with Crippen LogP contribution in [-0.4, -0.2) is 34.6 Å². The van der Waals surface area contributed by atoms with E-state index >= 15 is 0 Å². The number of hydrogen-bond donors (Lipinski definition) is 2. The van der Waals surface area contributed by atoms with Crippen molar-refractivity contribution in [1.82, 2.24) is 15.1 Å². The molecule has 6 heteroatoms. The Bertz CT molecular complexity index is 619. The number of carbonyl (C=O) groups is 1. The van der Waals surface area contributed by atoms with Gasteiger partial charge in [0.1, 0.15) is 0 Å². The third-order valence-electron chi connectivity index (χ3n) is 5.80. The second-order valence-electron chi connectivity index (χ2n) is 7.50. The molecule has 2 fully saturated rings. The summed E-state index contributed by atoms with van der Waals surface area (Å²) in [6.07, 6.45) is 4.79. The Kier molecular flexibility index (Phi) is 4.60. The lowest BCUT2D eigenvalue weighted by molar-refractivity contribution is -0.169. The molecule has 134 valence electrons. The average molecular weight is 334 g/mol. The highest BCUT2D eigenvalue weighted by molar-refractivity contribution is 5.90. The normalized spacial score (nSPS) is 24.6. The minimum Gasteiger partial charge on any atom is -0.378 e. The Morgan fingerprint density at radius 2 is 2.12 bits per heavy atom. The molecule has 0 radical (unpaired) electrons. The van der Waals surface area contributed by atoms with Gasteiger partial charge in [-0.1, -0.05) is 6.42 Å². The molecule has 2 amide bonds. The van der Waals surface area contributed by atoms with Gasteiger partial charge in [-0.15, -0.1) is 0 Å². The van der Waals surface area contributed by atoms with Crippen molar-refractivity contribution < 1.29 is 9.53 Å². The van der Waals surface area contributed by atoms with Crippen molar-refractivity contribution in [3.8, 4) is 0 Å². The molecule has 1 spiro atoms. The van der Waals surface area contributed by atoms with E-state index in [9.17, 15) is 4.79 Å². The molecular weight excluding hydrogens is 304 g/mol. The minimum absolute atomic E-state index is 0.129.